The summed E-state index contributed by atoms with van der Waals surface area (Å²) in [5, 5.41) is 0. The molecule has 5 nitrogen and oxygen atoms in total. The molecule has 1 saturated heterocycles. The highest BCUT2D eigenvalue weighted by atomic mass is 79.9. The Balaban J connectivity index is 1.89. The molecule has 1 aliphatic heterocycles. The van der Waals surface area contributed by atoms with E-state index in [1.165, 1.54) is 7.11 Å². The highest BCUT2D eigenvalue weighted by Gasteiger charge is 2.25. The minimum absolute atomic E-state index is 0.0716. The maximum atomic E-state index is 12.1. The van der Waals surface area contributed by atoms with Gasteiger partial charge < -0.3 is 14.4 Å². The van der Waals surface area contributed by atoms with Gasteiger partial charge in [0, 0.05) is 24.0 Å². The molecule has 0 bridgehead atoms. The van der Waals surface area contributed by atoms with Crippen molar-refractivity contribution in [3.8, 4) is 0 Å². The summed E-state index contributed by atoms with van der Waals surface area (Å²) in [5.41, 5.74) is 0. The van der Waals surface area contributed by atoms with Gasteiger partial charge in [0.05, 0.1) is 30.0 Å². The normalized spacial score (nSPS) is 19.0. The molecule has 2 heterocycles. The number of carbonyl (C=O) groups is 2. The number of hydrogen-bond acceptors (Lipinski definition) is 5. The SMILES string of the molecule is COC(=O)CC1CN(C(=O)/C=C/c2ccc(Br)s2)CCO1. The summed E-state index contributed by atoms with van der Waals surface area (Å²) < 4.78 is 11.1. The minimum Gasteiger partial charge on any atom is -0.469 e. The third-order valence-electron chi connectivity index (χ3n) is 3.06. The van der Waals surface area contributed by atoms with Crippen molar-refractivity contribution < 1.29 is 19.1 Å². The Hall–Kier alpha value is -1.18. The van der Waals surface area contributed by atoms with E-state index in [1.54, 1.807) is 28.4 Å². The highest BCUT2D eigenvalue weighted by Crippen LogP contribution is 2.23. The highest BCUT2D eigenvalue weighted by molar-refractivity contribution is 9.11. The smallest absolute Gasteiger partial charge is 0.308 e. The molecule has 2 rings (SSSR count). The van der Waals surface area contributed by atoms with Crippen molar-refractivity contribution in [3.05, 3.63) is 26.9 Å². The first-order valence-corrected chi connectivity index (χ1v) is 8.10. The largest absolute Gasteiger partial charge is 0.469 e. The Bertz CT molecular complexity index is 543. The average molecular weight is 374 g/mol. The fraction of sp³-hybridized carbons (Fsp3) is 0.429. The quantitative estimate of drug-likeness (QED) is 0.600. The van der Waals surface area contributed by atoms with Crippen LogP contribution in [0.25, 0.3) is 6.08 Å². The van der Waals surface area contributed by atoms with Gasteiger partial charge in [-0.2, -0.15) is 0 Å². The Kier molecular flexibility index (Phi) is 5.96. The molecule has 0 spiro atoms. The van der Waals surface area contributed by atoms with Crippen LogP contribution in [0.2, 0.25) is 0 Å². The third-order valence-corrected chi connectivity index (χ3v) is 4.65. The van der Waals surface area contributed by atoms with E-state index in [0.29, 0.717) is 19.7 Å². The number of ether oxygens (including phenoxy) is 2. The predicted molar refractivity (Wildman–Crippen MR) is 84.0 cm³/mol. The van der Waals surface area contributed by atoms with E-state index < -0.39 is 0 Å². The van der Waals surface area contributed by atoms with E-state index in [4.69, 9.17) is 4.74 Å². The molecule has 1 amide bonds. The molecule has 0 radical (unpaired) electrons. The first kappa shape index (κ1) is 16.2. The number of halogens is 1. The maximum Gasteiger partial charge on any atom is 0.308 e. The third kappa shape index (κ3) is 4.94. The summed E-state index contributed by atoms with van der Waals surface area (Å²) >= 11 is 4.94. The first-order chi connectivity index (χ1) is 10.1. The number of hydrogen-bond donors (Lipinski definition) is 0. The van der Waals surface area contributed by atoms with Gasteiger partial charge in [0.15, 0.2) is 0 Å². The topological polar surface area (TPSA) is 55.8 Å². The molecule has 114 valence electrons. The van der Waals surface area contributed by atoms with Crippen molar-refractivity contribution in [1.29, 1.82) is 0 Å². The summed E-state index contributed by atoms with van der Waals surface area (Å²) in [6.07, 6.45) is 3.22. The monoisotopic (exact) mass is 373 g/mol. The van der Waals surface area contributed by atoms with E-state index in [0.717, 1.165) is 8.66 Å². The first-order valence-electron chi connectivity index (χ1n) is 6.49. The molecule has 0 aromatic carbocycles. The number of amides is 1. The van der Waals surface area contributed by atoms with Gasteiger partial charge in [0.2, 0.25) is 5.91 Å². The number of methoxy groups -OCH3 is 1. The Morgan fingerprint density at radius 2 is 2.38 bits per heavy atom. The maximum absolute atomic E-state index is 12.1. The Labute approximate surface area is 135 Å². The van der Waals surface area contributed by atoms with E-state index in [9.17, 15) is 9.59 Å². The number of morpholine rings is 1. The molecule has 0 aliphatic carbocycles. The van der Waals surface area contributed by atoms with Crippen molar-refractivity contribution in [3.63, 3.8) is 0 Å². The summed E-state index contributed by atoms with van der Waals surface area (Å²) in [7, 11) is 1.34. The van der Waals surface area contributed by atoms with Crippen LogP contribution in [0.5, 0.6) is 0 Å². The zero-order chi connectivity index (χ0) is 15.2. The zero-order valence-corrected chi connectivity index (χ0v) is 14.0. The average Bonchev–Trinajstić information content (AvgIpc) is 2.90. The second-order valence-corrected chi connectivity index (χ2v) is 7.03. The molecule has 7 heteroatoms. The molecule has 1 unspecified atom stereocenters. The molecule has 1 aromatic heterocycles. The number of rotatable bonds is 4. The summed E-state index contributed by atoms with van der Waals surface area (Å²) in [6.45, 7) is 1.38. The zero-order valence-electron chi connectivity index (χ0n) is 11.6. The predicted octanol–water partition coefficient (Wildman–Crippen LogP) is 2.31. The second-order valence-electron chi connectivity index (χ2n) is 4.53. The van der Waals surface area contributed by atoms with Gasteiger partial charge in [-0.05, 0) is 34.1 Å². The van der Waals surface area contributed by atoms with Gasteiger partial charge in [-0.3, -0.25) is 9.59 Å². The van der Waals surface area contributed by atoms with E-state index in [-0.39, 0.29) is 24.4 Å². The van der Waals surface area contributed by atoms with Crippen LogP contribution in [0.3, 0.4) is 0 Å². The molecule has 1 atom stereocenters. The van der Waals surface area contributed by atoms with Gasteiger partial charge in [0.1, 0.15) is 0 Å². The number of thiophene rings is 1. The van der Waals surface area contributed by atoms with Crippen LogP contribution in [0.4, 0.5) is 0 Å². The fourth-order valence-electron chi connectivity index (χ4n) is 1.99. The number of carbonyl (C=O) groups excluding carboxylic acids is 2. The Morgan fingerprint density at radius 3 is 3.05 bits per heavy atom. The van der Waals surface area contributed by atoms with Crippen LogP contribution in [0.15, 0.2) is 22.0 Å². The molecule has 1 fully saturated rings. The Morgan fingerprint density at radius 1 is 1.57 bits per heavy atom. The van der Waals surface area contributed by atoms with Gasteiger partial charge >= 0.3 is 5.97 Å². The molecule has 1 aliphatic rings. The van der Waals surface area contributed by atoms with Gasteiger partial charge in [0.25, 0.3) is 0 Å². The molecule has 21 heavy (non-hydrogen) atoms. The van der Waals surface area contributed by atoms with Crippen molar-refractivity contribution in [2.24, 2.45) is 0 Å². The summed E-state index contributed by atoms with van der Waals surface area (Å²) in [5.74, 6) is -0.397. The van der Waals surface area contributed by atoms with E-state index in [2.05, 4.69) is 20.7 Å². The lowest BCUT2D eigenvalue weighted by Crippen LogP contribution is -2.45. The van der Waals surface area contributed by atoms with Crippen LogP contribution < -0.4 is 0 Å². The summed E-state index contributed by atoms with van der Waals surface area (Å²) in [6, 6.07) is 3.88. The second kappa shape index (κ2) is 7.72. The molecular weight excluding hydrogens is 358 g/mol. The van der Waals surface area contributed by atoms with Gasteiger partial charge in [-0.1, -0.05) is 0 Å². The van der Waals surface area contributed by atoms with Crippen LogP contribution in [-0.4, -0.2) is 49.7 Å². The van der Waals surface area contributed by atoms with Crippen molar-refractivity contribution in [2.75, 3.05) is 26.8 Å². The number of nitrogens with zero attached hydrogens (tertiary/aromatic N) is 1. The van der Waals surface area contributed by atoms with Gasteiger partial charge in [-0.15, -0.1) is 11.3 Å². The fourth-order valence-corrected chi connectivity index (χ4v) is 3.32. The molecule has 0 saturated carbocycles. The van der Waals surface area contributed by atoms with Crippen LogP contribution >= 0.6 is 27.3 Å². The molecular formula is C14H16BrNO4S. The van der Waals surface area contributed by atoms with E-state index >= 15 is 0 Å². The van der Waals surface area contributed by atoms with Gasteiger partial charge in [-0.25, -0.2) is 0 Å². The van der Waals surface area contributed by atoms with Crippen molar-refractivity contribution in [2.45, 2.75) is 12.5 Å². The van der Waals surface area contributed by atoms with E-state index in [1.807, 2.05) is 12.1 Å². The molecule has 0 N–H and O–H groups in total. The minimum atomic E-state index is -0.326. The lowest BCUT2D eigenvalue weighted by molar-refractivity contribution is -0.148. The van der Waals surface area contributed by atoms with Crippen molar-refractivity contribution >= 4 is 45.2 Å². The molecule has 1 aromatic rings. The van der Waals surface area contributed by atoms with Crippen LogP contribution in [0.1, 0.15) is 11.3 Å². The standard InChI is InChI=1S/C14H16BrNO4S/c1-19-14(18)8-10-9-16(6-7-20-10)13(17)5-3-11-2-4-12(15)21-11/h2-5,10H,6-9H2,1H3/b5-3+. The lowest BCUT2D eigenvalue weighted by atomic mass is 10.2. The summed E-state index contributed by atoms with van der Waals surface area (Å²) in [4.78, 5) is 26.1. The van der Waals surface area contributed by atoms with Crippen molar-refractivity contribution in [1.82, 2.24) is 4.90 Å². The number of esters is 1. The van der Waals surface area contributed by atoms with Crippen LogP contribution in [-0.2, 0) is 19.1 Å². The lowest BCUT2D eigenvalue weighted by Gasteiger charge is -2.31. The van der Waals surface area contributed by atoms with Crippen LogP contribution in [0, 0.1) is 0 Å².